The van der Waals surface area contributed by atoms with E-state index in [4.69, 9.17) is 0 Å². The van der Waals surface area contributed by atoms with Crippen LogP contribution in [-0.4, -0.2) is 23.0 Å². The molecule has 20 heavy (non-hydrogen) atoms. The lowest BCUT2D eigenvalue weighted by atomic mass is 9.94. The van der Waals surface area contributed by atoms with E-state index in [0.29, 0.717) is 12.0 Å². The molecule has 0 saturated heterocycles. The van der Waals surface area contributed by atoms with Crippen molar-refractivity contribution in [1.29, 1.82) is 0 Å². The third-order valence-corrected chi connectivity index (χ3v) is 3.96. The zero-order chi connectivity index (χ0) is 14.5. The summed E-state index contributed by atoms with van der Waals surface area (Å²) >= 11 is 0. The highest BCUT2D eigenvalue weighted by Crippen LogP contribution is 2.24. The number of hydrogen-bond acceptors (Lipinski definition) is 2. The first kappa shape index (κ1) is 14.6. The lowest BCUT2D eigenvalue weighted by Crippen LogP contribution is -2.42. The van der Waals surface area contributed by atoms with E-state index in [-0.39, 0.29) is 11.9 Å². The third kappa shape index (κ3) is 3.59. The predicted molar refractivity (Wildman–Crippen MR) is 76.6 cm³/mol. The normalized spacial score (nSPS) is 22.9. The van der Waals surface area contributed by atoms with E-state index in [1.54, 1.807) is 12.1 Å². The minimum atomic E-state index is -0.805. The molecular formula is C16H21NO3. The van der Waals surface area contributed by atoms with E-state index < -0.39 is 11.9 Å². The van der Waals surface area contributed by atoms with Crippen molar-refractivity contribution in [3.8, 4) is 0 Å². The summed E-state index contributed by atoms with van der Waals surface area (Å²) in [5, 5.41) is 12.2. The highest BCUT2D eigenvalue weighted by Gasteiger charge is 2.30. The van der Waals surface area contributed by atoms with Crippen LogP contribution in [0.2, 0.25) is 0 Å². The Kier molecular flexibility index (Phi) is 4.77. The second kappa shape index (κ2) is 6.55. The van der Waals surface area contributed by atoms with Gasteiger partial charge < -0.3 is 10.4 Å². The Bertz CT molecular complexity index is 481. The van der Waals surface area contributed by atoms with Crippen LogP contribution in [0.1, 0.15) is 48.0 Å². The summed E-state index contributed by atoms with van der Waals surface area (Å²) in [6.45, 7) is 1.97. The van der Waals surface area contributed by atoms with Crippen molar-refractivity contribution in [1.82, 2.24) is 5.32 Å². The fraction of sp³-hybridized carbons (Fsp3) is 0.500. The highest BCUT2D eigenvalue weighted by atomic mass is 16.4. The maximum absolute atomic E-state index is 12.2. The Hall–Kier alpha value is -1.84. The maximum atomic E-state index is 12.2. The second-order valence-corrected chi connectivity index (χ2v) is 5.53. The van der Waals surface area contributed by atoms with Crippen molar-refractivity contribution in [2.75, 3.05) is 0 Å². The van der Waals surface area contributed by atoms with E-state index in [1.807, 2.05) is 19.1 Å². The van der Waals surface area contributed by atoms with Crippen molar-refractivity contribution >= 4 is 11.9 Å². The molecule has 0 spiro atoms. The van der Waals surface area contributed by atoms with Gasteiger partial charge in [-0.3, -0.25) is 9.59 Å². The molecule has 0 aliphatic heterocycles. The molecule has 2 rings (SSSR count). The van der Waals surface area contributed by atoms with Gasteiger partial charge in [-0.25, -0.2) is 0 Å². The molecule has 2 N–H and O–H groups in total. The van der Waals surface area contributed by atoms with Gasteiger partial charge in [0.1, 0.15) is 0 Å². The van der Waals surface area contributed by atoms with Crippen molar-refractivity contribution in [3.05, 3.63) is 35.4 Å². The van der Waals surface area contributed by atoms with Gasteiger partial charge in [-0.15, -0.1) is 0 Å². The van der Waals surface area contributed by atoms with Gasteiger partial charge >= 0.3 is 5.97 Å². The highest BCUT2D eigenvalue weighted by molar-refractivity contribution is 5.94. The van der Waals surface area contributed by atoms with Gasteiger partial charge in [-0.2, -0.15) is 0 Å². The monoisotopic (exact) mass is 275 g/mol. The van der Waals surface area contributed by atoms with Crippen molar-refractivity contribution < 1.29 is 14.7 Å². The van der Waals surface area contributed by atoms with E-state index in [1.165, 1.54) is 0 Å². The van der Waals surface area contributed by atoms with Gasteiger partial charge in [0, 0.05) is 11.6 Å². The van der Waals surface area contributed by atoms with Gasteiger partial charge in [0.25, 0.3) is 5.91 Å². The molecule has 1 aromatic carbocycles. The first-order valence-electron chi connectivity index (χ1n) is 7.18. The van der Waals surface area contributed by atoms with Crippen LogP contribution < -0.4 is 5.32 Å². The number of carboxylic acid groups (broad SMARTS) is 1. The minimum absolute atomic E-state index is 0.178. The van der Waals surface area contributed by atoms with Crippen LogP contribution in [0.4, 0.5) is 0 Å². The molecule has 2 unspecified atom stereocenters. The molecule has 2 atom stereocenters. The molecule has 1 amide bonds. The van der Waals surface area contributed by atoms with E-state index >= 15 is 0 Å². The molecule has 0 radical (unpaired) electrons. The van der Waals surface area contributed by atoms with Crippen molar-refractivity contribution in [2.45, 2.75) is 45.1 Å². The van der Waals surface area contributed by atoms with E-state index in [2.05, 4.69) is 5.32 Å². The zero-order valence-electron chi connectivity index (χ0n) is 11.8. The fourth-order valence-corrected chi connectivity index (χ4v) is 2.73. The molecule has 0 aromatic heterocycles. The topological polar surface area (TPSA) is 66.4 Å². The second-order valence-electron chi connectivity index (χ2n) is 5.53. The molecule has 1 fully saturated rings. The Balaban J connectivity index is 2.07. The molecule has 4 nitrogen and oxygen atoms in total. The number of benzene rings is 1. The lowest BCUT2D eigenvalue weighted by Gasteiger charge is -2.22. The predicted octanol–water partition coefficient (Wildman–Crippen LogP) is 2.76. The van der Waals surface area contributed by atoms with Crippen LogP contribution in [0.25, 0.3) is 0 Å². The van der Waals surface area contributed by atoms with Gasteiger partial charge in [-0.1, -0.05) is 37.0 Å². The number of aliphatic carboxylic acids is 1. The summed E-state index contributed by atoms with van der Waals surface area (Å²) in [6, 6.07) is 7.06. The van der Waals surface area contributed by atoms with Gasteiger partial charge in [0.15, 0.2) is 0 Å². The number of carbonyl (C=O) groups is 2. The quantitative estimate of drug-likeness (QED) is 0.834. The Morgan fingerprint density at radius 1 is 1.10 bits per heavy atom. The van der Waals surface area contributed by atoms with Crippen LogP contribution in [0.3, 0.4) is 0 Å². The smallest absolute Gasteiger partial charge is 0.308 e. The molecule has 108 valence electrons. The summed E-state index contributed by atoms with van der Waals surface area (Å²) in [7, 11) is 0. The molecule has 4 heteroatoms. The summed E-state index contributed by atoms with van der Waals surface area (Å²) in [5.74, 6) is -1.45. The molecule has 1 aromatic rings. The largest absolute Gasteiger partial charge is 0.481 e. The fourth-order valence-electron chi connectivity index (χ4n) is 2.73. The molecule has 0 heterocycles. The summed E-state index contributed by atoms with van der Waals surface area (Å²) in [4.78, 5) is 23.5. The van der Waals surface area contributed by atoms with Gasteiger partial charge in [0.05, 0.1) is 5.92 Å². The van der Waals surface area contributed by atoms with E-state index in [0.717, 1.165) is 31.2 Å². The van der Waals surface area contributed by atoms with Crippen molar-refractivity contribution in [2.24, 2.45) is 5.92 Å². The standard InChI is InChI=1S/C16H21NO3/c1-11-7-9-12(10-8-11)15(18)17-14-6-4-2-3-5-13(14)16(19)20/h7-10,13-14H,2-6H2,1H3,(H,17,18)(H,19,20). The third-order valence-electron chi connectivity index (χ3n) is 3.96. The number of carboxylic acids is 1. The number of rotatable bonds is 3. The molecule has 1 aliphatic carbocycles. The SMILES string of the molecule is Cc1ccc(C(=O)NC2CCCCCC2C(=O)O)cc1. The summed E-state index contributed by atoms with van der Waals surface area (Å²) < 4.78 is 0. The number of carbonyl (C=O) groups excluding carboxylic acids is 1. The summed E-state index contributed by atoms with van der Waals surface area (Å²) in [6.07, 6.45) is 4.33. The molecule has 1 saturated carbocycles. The first-order valence-corrected chi connectivity index (χ1v) is 7.18. The van der Waals surface area contributed by atoms with Crippen molar-refractivity contribution in [3.63, 3.8) is 0 Å². The number of hydrogen-bond donors (Lipinski definition) is 2. The lowest BCUT2D eigenvalue weighted by molar-refractivity contribution is -0.142. The number of nitrogens with one attached hydrogen (secondary N) is 1. The molecule has 1 aliphatic rings. The number of aryl methyl sites for hydroxylation is 1. The van der Waals surface area contributed by atoms with Crippen LogP contribution in [0, 0.1) is 12.8 Å². The minimum Gasteiger partial charge on any atom is -0.481 e. The van der Waals surface area contributed by atoms with Crippen LogP contribution in [-0.2, 0) is 4.79 Å². The number of amides is 1. The summed E-state index contributed by atoms with van der Waals surface area (Å²) in [5.41, 5.74) is 1.68. The zero-order valence-corrected chi connectivity index (χ0v) is 11.8. The van der Waals surface area contributed by atoms with Crippen LogP contribution in [0.5, 0.6) is 0 Å². The van der Waals surface area contributed by atoms with Gasteiger partial charge in [0.2, 0.25) is 0 Å². The average Bonchev–Trinajstić information content (AvgIpc) is 2.65. The van der Waals surface area contributed by atoms with Crippen LogP contribution in [0.15, 0.2) is 24.3 Å². The molecular weight excluding hydrogens is 254 g/mol. The first-order chi connectivity index (χ1) is 9.58. The Morgan fingerprint density at radius 3 is 2.40 bits per heavy atom. The van der Waals surface area contributed by atoms with Gasteiger partial charge in [-0.05, 0) is 31.9 Å². The van der Waals surface area contributed by atoms with Crippen LogP contribution >= 0.6 is 0 Å². The Labute approximate surface area is 119 Å². The Morgan fingerprint density at radius 2 is 1.75 bits per heavy atom. The maximum Gasteiger partial charge on any atom is 0.308 e. The van der Waals surface area contributed by atoms with E-state index in [9.17, 15) is 14.7 Å². The average molecular weight is 275 g/mol. The molecule has 0 bridgehead atoms.